The lowest BCUT2D eigenvalue weighted by Crippen LogP contribution is -2.53. The fraction of sp³-hybridized carbons (Fsp3) is 0.440. The van der Waals surface area contributed by atoms with Crippen LogP contribution in [-0.4, -0.2) is 64.6 Å². The van der Waals surface area contributed by atoms with Crippen LogP contribution in [0.5, 0.6) is 11.5 Å². The molecule has 194 valence electrons. The summed E-state index contributed by atoms with van der Waals surface area (Å²) in [7, 11) is 0. The third kappa shape index (κ3) is 4.90. The number of benzene rings is 1. The lowest BCUT2D eigenvalue weighted by Gasteiger charge is -2.37. The second kappa shape index (κ2) is 10.9. The number of pyridine rings is 2. The molecule has 3 aliphatic heterocycles. The molecule has 36 heavy (non-hydrogen) atoms. The van der Waals surface area contributed by atoms with Crippen molar-refractivity contribution in [2.45, 2.75) is 37.6 Å². The lowest BCUT2D eigenvalue weighted by molar-refractivity contribution is 0.0367. The number of rotatable bonds is 5. The highest BCUT2D eigenvalue weighted by Crippen LogP contribution is 2.35. The number of ether oxygens (including phenoxy) is 2. The Bertz CT molecular complexity index is 1310. The van der Waals surface area contributed by atoms with Gasteiger partial charge in [0.25, 0.3) is 5.56 Å². The molecule has 0 aliphatic carbocycles. The molecule has 6 rings (SSSR count). The summed E-state index contributed by atoms with van der Waals surface area (Å²) in [5.41, 5.74) is 2.06. The number of fused-ring (bicyclic) bond motifs is 1. The molecule has 1 fully saturated rings. The van der Waals surface area contributed by atoms with Crippen molar-refractivity contribution in [3.63, 3.8) is 0 Å². The molecule has 0 spiro atoms. The lowest BCUT2D eigenvalue weighted by atomic mass is 9.96. The summed E-state index contributed by atoms with van der Waals surface area (Å²) in [4.78, 5) is 19.0. The van der Waals surface area contributed by atoms with Gasteiger partial charge in [-0.05, 0) is 36.6 Å². The van der Waals surface area contributed by atoms with E-state index in [4.69, 9.17) is 9.47 Å². The summed E-state index contributed by atoms with van der Waals surface area (Å²) in [5.74, 6) is 0.981. The largest absolute Gasteiger partial charge is 0.486 e. The maximum atomic E-state index is 14.8. The molecule has 0 radical (unpaired) electrons. The Hall–Kier alpha value is -2.43. The number of nitrogens with zero attached hydrogens (tertiary/aromatic N) is 3. The Morgan fingerprint density at radius 2 is 1.89 bits per heavy atom. The molecule has 11 heteroatoms. The van der Waals surface area contributed by atoms with Crippen LogP contribution in [0.1, 0.15) is 23.6 Å². The fourth-order valence-electron chi connectivity index (χ4n) is 5.46. The number of aliphatic hydroxyl groups excluding tert-OH is 1. The molecule has 1 saturated heterocycles. The van der Waals surface area contributed by atoms with Crippen molar-refractivity contribution in [3.8, 4) is 11.5 Å². The van der Waals surface area contributed by atoms with Gasteiger partial charge in [0.15, 0.2) is 11.5 Å². The van der Waals surface area contributed by atoms with Crippen LogP contribution >= 0.6 is 24.8 Å². The van der Waals surface area contributed by atoms with Crippen LogP contribution in [0, 0.1) is 5.82 Å². The van der Waals surface area contributed by atoms with E-state index in [-0.39, 0.29) is 48.2 Å². The standard InChI is InChI=1S/C25H27FN4O4.2ClH/c26-18-3-1-15-2-4-23(32)30-13-16(24(18)25(15)30)12-29-6-5-19(20(31)14-29)28-10-17-9-21-22(11-27-17)34-8-7-33-21;;/h1-4,9,11,16,19-20,28,31H,5-8,10,12-14H2;2*1H/t16?,19-,20+;;/m0../s1. The Kier molecular flexibility index (Phi) is 8.06. The minimum atomic E-state index is -0.557. The van der Waals surface area contributed by atoms with Crippen molar-refractivity contribution < 1.29 is 19.0 Å². The third-order valence-electron chi connectivity index (χ3n) is 7.12. The highest BCUT2D eigenvalue weighted by atomic mass is 35.5. The highest BCUT2D eigenvalue weighted by molar-refractivity contribution is 5.86. The second-order valence-electron chi connectivity index (χ2n) is 9.30. The van der Waals surface area contributed by atoms with Gasteiger partial charge in [-0.3, -0.25) is 14.7 Å². The number of halogens is 3. The van der Waals surface area contributed by atoms with Gasteiger partial charge >= 0.3 is 0 Å². The number of nitrogens with one attached hydrogen (secondary N) is 1. The van der Waals surface area contributed by atoms with Crippen LogP contribution in [-0.2, 0) is 13.1 Å². The zero-order chi connectivity index (χ0) is 23.2. The molecule has 2 aromatic heterocycles. The van der Waals surface area contributed by atoms with Gasteiger partial charge in [-0.25, -0.2) is 4.39 Å². The van der Waals surface area contributed by atoms with E-state index >= 15 is 0 Å². The molecule has 1 aromatic carbocycles. The van der Waals surface area contributed by atoms with Gasteiger partial charge in [-0.1, -0.05) is 0 Å². The van der Waals surface area contributed by atoms with E-state index < -0.39 is 6.10 Å². The zero-order valence-corrected chi connectivity index (χ0v) is 21.2. The van der Waals surface area contributed by atoms with Gasteiger partial charge in [-0.2, -0.15) is 0 Å². The Morgan fingerprint density at radius 1 is 1.11 bits per heavy atom. The van der Waals surface area contributed by atoms with Gasteiger partial charge in [-0.15, -0.1) is 24.8 Å². The summed E-state index contributed by atoms with van der Waals surface area (Å²) in [6.07, 6.45) is 1.88. The molecule has 2 N–H and O–H groups in total. The molecule has 0 amide bonds. The third-order valence-corrected chi connectivity index (χ3v) is 7.12. The van der Waals surface area contributed by atoms with Gasteiger partial charge < -0.3 is 24.5 Å². The molecular weight excluding hydrogens is 510 g/mol. The Balaban J connectivity index is 0.00000152. The first-order valence-corrected chi connectivity index (χ1v) is 11.8. The molecule has 1 unspecified atom stereocenters. The van der Waals surface area contributed by atoms with Crippen molar-refractivity contribution in [2.75, 3.05) is 32.8 Å². The quantitative estimate of drug-likeness (QED) is 0.515. The number of aromatic nitrogens is 2. The maximum Gasteiger partial charge on any atom is 0.251 e. The topological polar surface area (TPSA) is 88.9 Å². The van der Waals surface area contributed by atoms with Gasteiger partial charge in [0.05, 0.1) is 23.5 Å². The van der Waals surface area contributed by atoms with Crippen LogP contribution in [0.25, 0.3) is 10.9 Å². The van der Waals surface area contributed by atoms with Crippen LogP contribution in [0.15, 0.2) is 41.3 Å². The SMILES string of the molecule is Cl.Cl.O=c1ccc2ccc(F)c3c2n1CC3CN1CC[C@H](NCc2cc3c(cn2)OCCO3)[C@H](O)C1. The molecule has 3 aliphatic rings. The summed E-state index contributed by atoms with van der Waals surface area (Å²) < 4.78 is 27.6. The maximum absolute atomic E-state index is 14.8. The van der Waals surface area contributed by atoms with E-state index in [9.17, 15) is 14.3 Å². The number of β-amino-alcohol motifs (C(OH)–C–C–N with tert-alkyl or cyclic N) is 1. The monoisotopic (exact) mass is 538 g/mol. The van der Waals surface area contributed by atoms with E-state index in [2.05, 4.69) is 15.2 Å². The number of hydrogen-bond donors (Lipinski definition) is 2. The van der Waals surface area contributed by atoms with E-state index in [0.717, 1.165) is 24.0 Å². The molecule has 8 nitrogen and oxygen atoms in total. The highest BCUT2D eigenvalue weighted by Gasteiger charge is 2.33. The first kappa shape index (κ1) is 26.6. The van der Waals surface area contributed by atoms with Crippen molar-refractivity contribution in [3.05, 3.63) is 64.0 Å². The van der Waals surface area contributed by atoms with Gasteiger partial charge in [0, 0.05) is 55.8 Å². The first-order valence-electron chi connectivity index (χ1n) is 11.8. The number of likely N-dealkylation sites (tertiary alicyclic amines) is 1. The summed E-state index contributed by atoms with van der Waals surface area (Å²) in [5, 5.41) is 15.1. The fourth-order valence-corrected chi connectivity index (χ4v) is 5.46. The smallest absolute Gasteiger partial charge is 0.251 e. The average Bonchev–Trinajstić information content (AvgIpc) is 3.23. The van der Waals surface area contributed by atoms with Crippen LogP contribution in [0.3, 0.4) is 0 Å². The molecule has 3 aromatic rings. The van der Waals surface area contributed by atoms with E-state index in [1.807, 2.05) is 6.07 Å². The second-order valence-corrected chi connectivity index (χ2v) is 9.30. The minimum absolute atomic E-state index is 0. The predicted octanol–water partition coefficient (Wildman–Crippen LogP) is 2.47. The van der Waals surface area contributed by atoms with E-state index in [0.29, 0.717) is 62.0 Å². The summed E-state index contributed by atoms with van der Waals surface area (Å²) >= 11 is 0. The zero-order valence-electron chi connectivity index (χ0n) is 19.6. The molecular formula is C25H29Cl2FN4O4. The van der Waals surface area contributed by atoms with E-state index in [1.165, 1.54) is 6.07 Å². The number of hydrogen-bond acceptors (Lipinski definition) is 7. The Morgan fingerprint density at radius 3 is 2.69 bits per heavy atom. The van der Waals surface area contributed by atoms with Crippen molar-refractivity contribution in [2.24, 2.45) is 0 Å². The van der Waals surface area contributed by atoms with Gasteiger partial charge in [0.1, 0.15) is 19.0 Å². The van der Waals surface area contributed by atoms with E-state index in [1.54, 1.807) is 29.0 Å². The van der Waals surface area contributed by atoms with Crippen molar-refractivity contribution in [1.29, 1.82) is 0 Å². The number of piperidine rings is 1. The average molecular weight is 539 g/mol. The first-order chi connectivity index (χ1) is 16.6. The molecule has 0 bridgehead atoms. The van der Waals surface area contributed by atoms with Gasteiger partial charge in [0.2, 0.25) is 0 Å². The predicted molar refractivity (Wildman–Crippen MR) is 138 cm³/mol. The minimum Gasteiger partial charge on any atom is -0.486 e. The Labute approximate surface area is 220 Å². The number of aliphatic hydroxyl groups is 1. The summed E-state index contributed by atoms with van der Waals surface area (Å²) in [6, 6.07) is 8.33. The molecule has 5 heterocycles. The summed E-state index contributed by atoms with van der Waals surface area (Å²) in [6.45, 7) is 3.92. The normalized spacial score (nSPS) is 22.7. The van der Waals surface area contributed by atoms with Crippen molar-refractivity contribution >= 4 is 35.7 Å². The van der Waals surface area contributed by atoms with Crippen molar-refractivity contribution in [1.82, 2.24) is 19.8 Å². The van der Waals surface area contributed by atoms with Crippen LogP contribution < -0.4 is 20.3 Å². The van der Waals surface area contributed by atoms with Crippen LogP contribution in [0.4, 0.5) is 4.39 Å². The molecule has 3 atom stereocenters. The van der Waals surface area contributed by atoms with Crippen LogP contribution in [0.2, 0.25) is 0 Å². The molecule has 0 saturated carbocycles.